The van der Waals surface area contributed by atoms with Gasteiger partial charge in [-0.25, -0.2) is 0 Å². The second-order valence-electron chi connectivity index (χ2n) is 5.54. The van der Waals surface area contributed by atoms with E-state index < -0.39 is 0 Å². The molecule has 2 aliphatic heterocycles. The molecule has 3 heteroatoms. The first kappa shape index (κ1) is 11.0. The number of hydrogen-bond acceptors (Lipinski definition) is 3. The molecular weight excluding hydrogens is 200 g/mol. The molecule has 1 aliphatic carbocycles. The number of hydrogen-bond donors (Lipinski definition) is 1. The summed E-state index contributed by atoms with van der Waals surface area (Å²) in [4.78, 5) is 2.70. The molecule has 0 unspecified atom stereocenters. The van der Waals surface area contributed by atoms with Crippen molar-refractivity contribution >= 4 is 0 Å². The highest BCUT2D eigenvalue weighted by atomic mass is 16.5. The van der Waals surface area contributed by atoms with Crippen LogP contribution in [0.2, 0.25) is 0 Å². The number of piperazine rings is 1. The standard InChI is InChI=1S/C13H24N2O/c1-2-6-13-12(5-1)14-7-8-15(13)10-11-4-3-9-16-11/h11-14H,1-10H2/t11-,12-,13-/m0/s1. The predicted octanol–water partition coefficient (Wildman–Crippen LogP) is 1.38. The lowest BCUT2D eigenvalue weighted by molar-refractivity contribution is 0.0243. The van der Waals surface area contributed by atoms with Crippen molar-refractivity contribution < 1.29 is 4.74 Å². The zero-order valence-corrected chi connectivity index (χ0v) is 10.2. The van der Waals surface area contributed by atoms with E-state index in [1.54, 1.807) is 0 Å². The molecule has 1 N–H and O–H groups in total. The van der Waals surface area contributed by atoms with Crippen molar-refractivity contribution in [3.8, 4) is 0 Å². The summed E-state index contributed by atoms with van der Waals surface area (Å²) in [7, 11) is 0. The maximum absolute atomic E-state index is 5.77. The van der Waals surface area contributed by atoms with Crippen molar-refractivity contribution in [1.82, 2.24) is 10.2 Å². The van der Waals surface area contributed by atoms with E-state index in [4.69, 9.17) is 4.74 Å². The zero-order valence-electron chi connectivity index (χ0n) is 10.2. The van der Waals surface area contributed by atoms with Crippen LogP contribution in [0.5, 0.6) is 0 Å². The van der Waals surface area contributed by atoms with Crippen molar-refractivity contribution in [2.24, 2.45) is 0 Å². The van der Waals surface area contributed by atoms with E-state index in [0.29, 0.717) is 6.10 Å². The highest BCUT2D eigenvalue weighted by molar-refractivity contribution is 4.93. The largest absolute Gasteiger partial charge is 0.377 e. The molecule has 0 amide bonds. The molecule has 0 aromatic heterocycles. The van der Waals surface area contributed by atoms with Gasteiger partial charge in [0.15, 0.2) is 0 Å². The summed E-state index contributed by atoms with van der Waals surface area (Å²) in [6.07, 6.45) is 8.69. The van der Waals surface area contributed by atoms with Gasteiger partial charge in [-0.1, -0.05) is 12.8 Å². The minimum Gasteiger partial charge on any atom is -0.377 e. The Morgan fingerprint density at radius 2 is 2.06 bits per heavy atom. The van der Waals surface area contributed by atoms with Crippen LogP contribution in [0.1, 0.15) is 38.5 Å². The third-order valence-corrected chi connectivity index (χ3v) is 4.47. The number of fused-ring (bicyclic) bond motifs is 1. The van der Waals surface area contributed by atoms with Crippen molar-refractivity contribution in [3.63, 3.8) is 0 Å². The predicted molar refractivity (Wildman–Crippen MR) is 64.6 cm³/mol. The van der Waals surface area contributed by atoms with Crippen LogP contribution < -0.4 is 5.32 Å². The van der Waals surface area contributed by atoms with Gasteiger partial charge in [-0.05, 0) is 25.7 Å². The van der Waals surface area contributed by atoms with E-state index >= 15 is 0 Å². The van der Waals surface area contributed by atoms with Crippen molar-refractivity contribution in [3.05, 3.63) is 0 Å². The number of ether oxygens (including phenoxy) is 1. The molecule has 0 spiro atoms. The van der Waals surface area contributed by atoms with E-state index in [1.165, 1.54) is 58.2 Å². The van der Waals surface area contributed by atoms with Crippen LogP contribution in [0.15, 0.2) is 0 Å². The lowest BCUT2D eigenvalue weighted by Crippen LogP contribution is -2.60. The highest BCUT2D eigenvalue weighted by Gasteiger charge is 2.34. The van der Waals surface area contributed by atoms with Gasteiger partial charge in [0, 0.05) is 38.3 Å². The molecule has 16 heavy (non-hydrogen) atoms. The van der Waals surface area contributed by atoms with Crippen LogP contribution in [-0.4, -0.2) is 49.3 Å². The maximum atomic E-state index is 5.77. The monoisotopic (exact) mass is 224 g/mol. The molecule has 3 rings (SSSR count). The Balaban J connectivity index is 1.59. The van der Waals surface area contributed by atoms with Gasteiger partial charge in [0.2, 0.25) is 0 Å². The van der Waals surface area contributed by atoms with Crippen molar-refractivity contribution in [2.75, 3.05) is 26.2 Å². The minimum atomic E-state index is 0.528. The topological polar surface area (TPSA) is 24.5 Å². The SMILES string of the molecule is C1CO[C@H](CN2CCN[C@H]3CCCC[C@@H]32)C1. The van der Waals surface area contributed by atoms with Gasteiger partial charge in [0.05, 0.1) is 6.10 Å². The van der Waals surface area contributed by atoms with E-state index in [2.05, 4.69) is 10.2 Å². The second kappa shape index (κ2) is 5.03. The van der Waals surface area contributed by atoms with Gasteiger partial charge < -0.3 is 10.1 Å². The van der Waals surface area contributed by atoms with Gasteiger partial charge in [0.1, 0.15) is 0 Å². The van der Waals surface area contributed by atoms with Crippen LogP contribution in [0, 0.1) is 0 Å². The summed E-state index contributed by atoms with van der Waals surface area (Å²) in [5.41, 5.74) is 0. The van der Waals surface area contributed by atoms with Crippen LogP contribution in [-0.2, 0) is 4.74 Å². The third kappa shape index (κ3) is 2.27. The summed E-state index contributed by atoms with van der Waals surface area (Å²) < 4.78 is 5.77. The highest BCUT2D eigenvalue weighted by Crippen LogP contribution is 2.26. The summed E-state index contributed by atoms with van der Waals surface area (Å²) in [6.45, 7) is 4.57. The van der Waals surface area contributed by atoms with Crippen molar-refractivity contribution in [2.45, 2.75) is 56.7 Å². The average Bonchev–Trinajstić information content (AvgIpc) is 2.82. The Kier molecular flexibility index (Phi) is 3.46. The maximum Gasteiger partial charge on any atom is 0.0702 e. The Morgan fingerprint density at radius 1 is 1.12 bits per heavy atom. The lowest BCUT2D eigenvalue weighted by atomic mass is 9.87. The smallest absolute Gasteiger partial charge is 0.0702 e. The zero-order chi connectivity index (χ0) is 10.8. The molecule has 92 valence electrons. The molecule has 3 aliphatic rings. The summed E-state index contributed by atoms with van der Waals surface area (Å²) >= 11 is 0. The van der Waals surface area contributed by atoms with E-state index in [1.807, 2.05) is 0 Å². The van der Waals surface area contributed by atoms with Crippen LogP contribution >= 0.6 is 0 Å². The number of rotatable bonds is 2. The summed E-state index contributed by atoms with van der Waals surface area (Å²) in [5, 5.41) is 3.69. The Labute approximate surface area is 98.5 Å². The Morgan fingerprint density at radius 3 is 2.94 bits per heavy atom. The summed E-state index contributed by atoms with van der Waals surface area (Å²) in [5.74, 6) is 0. The molecule has 0 aromatic carbocycles. The van der Waals surface area contributed by atoms with Gasteiger partial charge in [-0.15, -0.1) is 0 Å². The fourth-order valence-corrected chi connectivity index (χ4v) is 3.62. The third-order valence-electron chi connectivity index (χ3n) is 4.47. The van der Waals surface area contributed by atoms with Gasteiger partial charge >= 0.3 is 0 Å². The molecule has 3 nitrogen and oxygen atoms in total. The number of nitrogens with one attached hydrogen (secondary N) is 1. The Hall–Kier alpha value is -0.120. The van der Waals surface area contributed by atoms with Crippen LogP contribution in [0.25, 0.3) is 0 Å². The molecule has 0 radical (unpaired) electrons. The van der Waals surface area contributed by atoms with Gasteiger partial charge in [-0.3, -0.25) is 4.90 Å². The first-order valence-electron chi connectivity index (χ1n) is 7.02. The second-order valence-corrected chi connectivity index (χ2v) is 5.54. The fourth-order valence-electron chi connectivity index (χ4n) is 3.62. The average molecular weight is 224 g/mol. The first-order valence-corrected chi connectivity index (χ1v) is 7.02. The van der Waals surface area contributed by atoms with E-state index in [9.17, 15) is 0 Å². The quantitative estimate of drug-likeness (QED) is 0.767. The van der Waals surface area contributed by atoms with Gasteiger partial charge in [0.25, 0.3) is 0 Å². The first-order chi connectivity index (χ1) is 7.93. The molecule has 3 fully saturated rings. The normalized spacial score (nSPS) is 40.9. The fraction of sp³-hybridized carbons (Fsp3) is 1.00. The van der Waals surface area contributed by atoms with Crippen LogP contribution in [0.4, 0.5) is 0 Å². The van der Waals surface area contributed by atoms with Crippen LogP contribution in [0.3, 0.4) is 0 Å². The molecule has 0 aromatic rings. The molecular formula is C13H24N2O. The summed E-state index contributed by atoms with van der Waals surface area (Å²) in [6, 6.07) is 1.57. The molecule has 0 bridgehead atoms. The van der Waals surface area contributed by atoms with Crippen molar-refractivity contribution in [1.29, 1.82) is 0 Å². The van der Waals surface area contributed by atoms with Gasteiger partial charge in [-0.2, -0.15) is 0 Å². The molecule has 2 saturated heterocycles. The lowest BCUT2D eigenvalue weighted by Gasteiger charge is -2.45. The minimum absolute atomic E-state index is 0.528. The Bertz CT molecular complexity index is 226. The number of nitrogens with zero attached hydrogens (tertiary/aromatic N) is 1. The van der Waals surface area contributed by atoms with E-state index in [0.717, 1.165) is 18.7 Å². The molecule has 1 saturated carbocycles. The van der Waals surface area contributed by atoms with E-state index in [-0.39, 0.29) is 0 Å². The molecule has 2 heterocycles. The molecule has 3 atom stereocenters.